The summed E-state index contributed by atoms with van der Waals surface area (Å²) in [5, 5.41) is 11.9. The van der Waals surface area contributed by atoms with E-state index in [0.717, 1.165) is 43.9 Å². The Morgan fingerprint density at radius 2 is 1.97 bits per heavy atom. The molecule has 3 aromatic heterocycles. The van der Waals surface area contributed by atoms with Gasteiger partial charge >= 0.3 is 0 Å². The van der Waals surface area contributed by atoms with E-state index >= 15 is 0 Å². The molecule has 1 saturated carbocycles. The maximum Gasteiger partial charge on any atom is 0.270 e. The summed E-state index contributed by atoms with van der Waals surface area (Å²) < 4.78 is 36.6. The number of aryl methyl sites for hydroxylation is 2. The number of carbonyl (C=O) groups is 1. The van der Waals surface area contributed by atoms with E-state index in [1.54, 1.807) is 27.7 Å². The van der Waals surface area contributed by atoms with Crippen LogP contribution in [0.3, 0.4) is 0 Å². The van der Waals surface area contributed by atoms with Gasteiger partial charge in [-0.2, -0.15) is 10.2 Å². The molecule has 1 unspecified atom stereocenters. The number of hydrogen-bond acceptors (Lipinski definition) is 6. The maximum atomic E-state index is 13.9. The van der Waals surface area contributed by atoms with E-state index in [0.29, 0.717) is 42.5 Å². The van der Waals surface area contributed by atoms with E-state index in [1.165, 1.54) is 0 Å². The van der Waals surface area contributed by atoms with Gasteiger partial charge in [-0.3, -0.25) is 9.48 Å². The van der Waals surface area contributed by atoms with Gasteiger partial charge in [0.15, 0.2) is 0 Å². The number of amides is 1. The van der Waals surface area contributed by atoms with Crippen LogP contribution in [0.1, 0.15) is 79.1 Å². The second-order valence-corrected chi connectivity index (χ2v) is 9.99. The fraction of sp³-hybridized carbons (Fsp3) is 0.640. The molecule has 9 nitrogen and oxygen atoms in total. The molecule has 0 aromatic carbocycles. The number of alkyl halides is 2. The lowest BCUT2D eigenvalue weighted by atomic mass is 9.81. The highest BCUT2D eigenvalue weighted by atomic mass is 19.3. The molecular formula is C25H33F2N7O2. The van der Waals surface area contributed by atoms with Crippen LogP contribution in [0.25, 0.3) is 5.78 Å². The summed E-state index contributed by atoms with van der Waals surface area (Å²) in [7, 11) is 0. The van der Waals surface area contributed by atoms with Crippen molar-refractivity contribution >= 4 is 11.7 Å². The van der Waals surface area contributed by atoms with Gasteiger partial charge in [0.05, 0.1) is 29.3 Å². The minimum atomic E-state index is -2.66. The summed E-state index contributed by atoms with van der Waals surface area (Å²) >= 11 is 0. The van der Waals surface area contributed by atoms with Crippen LogP contribution >= 0.6 is 0 Å². The molecule has 5 rings (SSSR count). The number of nitrogens with zero attached hydrogens (tertiary/aromatic N) is 6. The lowest BCUT2D eigenvalue weighted by Gasteiger charge is -2.33. The Morgan fingerprint density at radius 3 is 2.69 bits per heavy atom. The maximum absolute atomic E-state index is 13.9. The third kappa shape index (κ3) is 5.25. The van der Waals surface area contributed by atoms with Crippen molar-refractivity contribution in [2.45, 2.75) is 77.3 Å². The Hall–Kier alpha value is -2.95. The molecule has 11 heteroatoms. The van der Waals surface area contributed by atoms with Crippen LogP contribution in [0.2, 0.25) is 0 Å². The molecule has 36 heavy (non-hydrogen) atoms. The average molecular weight is 502 g/mol. The van der Waals surface area contributed by atoms with Crippen LogP contribution in [0, 0.1) is 18.8 Å². The topological polar surface area (TPSA) is 99.2 Å². The van der Waals surface area contributed by atoms with Gasteiger partial charge in [0, 0.05) is 38.8 Å². The molecule has 0 radical (unpaired) electrons. The van der Waals surface area contributed by atoms with E-state index in [2.05, 4.69) is 15.5 Å². The first kappa shape index (κ1) is 24.7. The average Bonchev–Trinajstić information content (AvgIpc) is 3.50. The quantitative estimate of drug-likeness (QED) is 0.527. The van der Waals surface area contributed by atoms with Gasteiger partial charge in [-0.25, -0.2) is 23.3 Å². The molecule has 3 aromatic rings. The first-order chi connectivity index (χ1) is 17.3. The third-order valence-electron chi connectivity index (χ3n) is 7.51. The highest BCUT2D eigenvalue weighted by Gasteiger charge is 2.39. The number of carbonyl (C=O) groups excluding carboxylic acids is 1. The normalized spacial score (nSPS) is 20.0. The highest BCUT2D eigenvalue weighted by molar-refractivity contribution is 5.92. The van der Waals surface area contributed by atoms with Gasteiger partial charge < -0.3 is 10.1 Å². The second-order valence-electron chi connectivity index (χ2n) is 9.99. The predicted molar refractivity (Wildman–Crippen MR) is 128 cm³/mol. The van der Waals surface area contributed by atoms with Crippen LogP contribution < -0.4 is 5.32 Å². The van der Waals surface area contributed by atoms with Crippen molar-refractivity contribution in [1.82, 2.24) is 34.7 Å². The molecule has 1 saturated heterocycles. The lowest BCUT2D eigenvalue weighted by molar-refractivity contribution is -0.0495. The Labute approximate surface area is 208 Å². The van der Waals surface area contributed by atoms with Gasteiger partial charge in [0.25, 0.3) is 11.7 Å². The van der Waals surface area contributed by atoms with E-state index in [9.17, 15) is 13.6 Å². The molecule has 1 amide bonds. The zero-order valence-electron chi connectivity index (χ0n) is 20.8. The van der Waals surface area contributed by atoms with Crippen LogP contribution in [-0.2, 0) is 17.7 Å². The largest absolute Gasteiger partial charge is 0.381 e. The molecule has 0 bridgehead atoms. The van der Waals surface area contributed by atoms with Gasteiger partial charge in [-0.15, -0.1) is 0 Å². The van der Waals surface area contributed by atoms with Crippen molar-refractivity contribution in [3.63, 3.8) is 0 Å². The van der Waals surface area contributed by atoms with Gasteiger partial charge in [0.2, 0.25) is 5.92 Å². The van der Waals surface area contributed by atoms with Crippen molar-refractivity contribution in [1.29, 1.82) is 0 Å². The molecule has 2 aliphatic rings. The number of halogens is 2. The molecule has 4 heterocycles. The number of imidazole rings is 1. The molecule has 1 aliphatic heterocycles. The third-order valence-corrected chi connectivity index (χ3v) is 7.51. The second kappa shape index (κ2) is 10.2. The number of hydrogen-bond donors (Lipinski definition) is 1. The number of nitrogens with one attached hydrogen (secondary N) is 1. The van der Waals surface area contributed by atoms with Crippen LogP contribution in [-0.4, -0.2) is 54.4 Å². The fourth-order valence-corrected chi connectivity index (χ4v) is 5.34. The van der Waals surface area contributed by atoms with Crippen molar-refractivity contribution in [3.8, 4) is 0 Å². The Morgan fingerprint density at radius 1 is 1.22 bits per heavy atom. The molecule has 194 valence electrons. The number of ether oxygens (including phenoxy) is 1. The van der Waals surface area contributed by atoms with Crippen molar-refractivity contribution in [2.75, 3.05) is 13.2 Å². The lowest BCUT2D eigenvalue weighted by Crippen LogP contribution is -2.38. The first-order valence-corrected chi connectivity index (χ1v) is 12.8. The zero-order valence-corrected chi connectivity index (χ0v) is 20.8. The summed E-state index contributed by atoms with van der Waals surface area (Å²) in [5.74, 6) is -2.17. The standard InChI is InChI=1S/C25H33F2N7O2/c1-3-33-21(6-11-28-33)23(35)31-22(18-4-9-25(26,27)10-5-18)20-15-34-24(30-20)29-19(16(2)32-34)14-17-7-12-36-13-8-17/h6,11,15,17-18,22H,3-5,7-10,12-14H2,1-2H3,(H,31,35). The summed E-state index contributed by atoms with van der Waals surface area (Å²) in [5.41, 5.74) is 2.76. The number of rotatable bonds is 7. The van der Waals surface area contributed by atoms with E-state index < -0.39 is 12.0 Å². The Balaban J connectivity index is 1.44. The minimum absolute atomic E-state index is 0.167. The number of aromatic nitrogens is 6. The summed E-state index contributed by atoms with van der Waals surface area (Å²) in [6, 6.07) is 1.13. The van der Waals surface area contributed by atoms with Crippen molar-refractivity contribution in [3.05, 3.63) is 41.2 Å². The summed E-state index contributed by atoms with van der Waals surface area (Å²) in [6.07, 6.45) is 6.37. The Kier molecular flexibility index (Phi) is 7.00. The monoisotopic (exact) mass is 501 g/mol. The molecule has 2 fully saturated rings. The van der Waals surface area contributed by atoms with Gasteiger partial charge in [-0.1, -0.05) is 0 Å². The first-order valence-electron chi connectivity index (χ1n) is 12.8. The molecular weight excluding hydrogens is 468 g/mol. The summed E-state index contributed by atoms with van der Waals surface area (Å²) in [6.45, 7) is 5.93. The molecule has 1 N–H and O–H groups in total. The van der Waals surface area contributed by atoms with Crippen LogP contribution in [0.5, 0.6) is 0 Å². The number of fused-ring (bicyclic) bond motifs is 1. The minimum Gasteiger partial charge on any atom is -0.381 e. The Bertz CT molecular complexity index is 1210. The van der Waals surface area contributed by atoms with E-state index in [-0.39, 0.29) is 24.7 Å². The molecule has 1 aliphatic carbocycles. The van der Waals surface area contributed by atoms with E-state index in [4.69, 9.17) is 14.7 Å². The smallest absolute Gasteiger partial charge is 0.270 e. The van der Waals surface area contributed by atoms with Crippen molar-refractivity contribution in [2.24, 2.45) is 11.8 Å². The van der Waals surface area contributed by atoms with Gasteiger partial charge in [-0.05, 0) is 63.9 Å². The van der Waals surface area contributed by atoms with Crippen molar-refractivity contribution < 1.29 is 18.3 Å². The zero-order chi connectivity index (χ0) is 25.3. The van der Waals surface area contributed by atoms with E-state index in [1.807, 2.05) is 13.8 Å². The molecule has 1 atom stereocenters. The van der Waals surface area contributed by atoms with Crippen LogP contribution in [0.15, 0.2) is 18.5 Å². The highest BCUT2D eigenvalue weighted by Crippen LogP contribution is 2.41. The van der Waals surface area contributed by atoms with Crippen LogP contribution in [0.4, 0.5) is 8.78 Å². The SMILES string of the molecule is CCn1nccc1C(=O)NC(c1cn2nc(C)c(CC3CCOCC3)nc2n1)C1CCC(F)(F)CC1. The predicted octanol–water partition coefficient (Wildman–Crippen LogP) is 3.91. The van der Waals surface area contributed by atoms with Gasteiger partial charge in [0.1, 0.15) is 5.69 Å². The molecule has 0 spiro atoms. The fourth-order valence-electron chi connectivity index (χ4n) is 5.34. The summed E-state index contributed by atoms with van der Waals surface area (Å²) in [4.78, 5) is 22.7.